The minimum Gasteiger partial charge on any atom is -0.497 e. The molecule has 0 heterocycles. The quantitative estimate of drug-likeness (QED) is 0.768. The Morgan fingerprint density at radius 3 is 2.79 bits per heavy atom. The molecule has 2 atom stereocenters. The molecule has 5 nitrogen and oxygen atoms in total. The van der Waals surface area contributed by atoms with E-state index in [1.54, 1.807) is 24.5 Å². The fourth-order valence-electron chi connectivity index (χ4n) is 1.58. The van der Waals surface area contributed by atoms with Gasteiger partial charge in [0.2, 0.25) is 0 Å². The lowest BCUT2D eigenvalue weighted by molar-refractivity contribution is 0.0940. The van der Waals surface area contributed by atoms with Crippen molar-refractivity contribution in [2.45, 2.75) is 19.4 Å². The van der Waals surface area contributed by atoms with Crippen LogP contribution < -0.4 is 15.8 Å². The number of rotatable bonds is 6. The lowest BCUT2D eigenvalue weighted by Crippen LogP contribution is -2.34. The molecule has 19 heavy (non-hydrogen) atoms. The van der Waals surface area contributed by atoms with Crippen LogP contribution in [0.1, 0.15) is 23.7 Å². The lowest BCUT2D eigenvalue weighted by atomic mass is 10.1. The molecular formula is C13H20N2O3S. The molecule has 3 N–H and O–H groups in total. The Morgan fingerprint density at radius 1 is 1.53 bits per heavy atom. The third-order valence-corrected chi connectivity index (χ3v) is 3.53. The van der Waals surface area contributed by atoms with Crippen LogP contribution in [0.25, 0.3) is 0 Å². The third-order valence-electron chi connectivity index (χ3n) is 2.72. The average molecular weight is 284 g/mol. The predicted molar refractivity (Wildman–Crippen MR) is 77.9 cm³/mol. The van der Waals surface area contributed by atoms with Crippen LogP contribution in [0.4, 0.5) is 5.69 Å². The van der Waals surface area contributed by atoms with E-state index in [1.807, 2.05) is 6.92 Å². The maximum Gasteiger partial charge on any atom is 0.253 e. The number of ether oxygens (including phenoxy) is 1. The summed E-state index contributed by atoms with van der Waals surface area (Å²) < 4.78 is 16.1. The van der Waals surface area contributed by atoms with Gasteiger partial charge in [-0.2, -0.15) is 0 Å². The maximum absolute atomic E-state index is 12.1. The predicted octanol–water partition coefficient (Wildman–Crippen LogP) is 1.16. The molecule has 0 bridgehead atoms. The molecule has 0 spiro atoms. The fraction of sp³-hybridized carbons (Fsp3) is 0.462. The summed E-state index contributed by atoms with van der Waals surface area (Å²) in [5.74, 6) is 0.905. The van der Waals surface area contributed by atoms with Crippen molar-refractivity contribution in [3.05, 3.63) is 23.8 Å². The lowest BCUT2D eigenvalue weighted by Gasteiger charge is -2.14. The number of methoxy groups -OCH3 is 1. The van der Waals surface area contributed by atoms with Crippen LogP contribution in [-0.4, -0.2) is 35.3 Å². The van der Waals surface area contributed by atoms with E-state index in [0.717, 1.165) is 0 Å². The first-order chi connectivity index (χ1) is 8.93. The van der Waals surface area contributed by atoms with E-state index in [9.17, 15) is 9.00 Å². The molecule has 1 aromatic rings. The zero-order chi connectivity index (χ0) is 14.4. The molecular weight excluding hydrogens is 264 g/mol. The number of nitrogens with two attached hydrogens (primary N) is 1. The molecule has 2 unspecified atom stereocenters. The van der Waals surface area contributed by atoms with Crippen molar-refractivity contribution >= 4 is 22.4 Å². The summed E-state index contributed by atoms with van der Waals surface area (Å²) in [5, 5.41) is 2.83. The molecule has 1 rings (SSSR count). The molecule has 1 amide bonds. The summed E-state index contributed by atoms with van der Waals surface area (Å²) in [4.78, 5) is 12.1. The van der Waals surface area contributed by atoms with Gasteiger partial charge in [0, 0.05) is 34.5 Å². The van der Waals surface area contributed by atoms with E-state index in [-0.39, 0.29) is 11.9 Å². The molecule has 0 aliphatic heterocycles. The standard InChI is InChI=1S/C13H20N2O3S/c1-9(6-7-19(3)17)15-13(16)11-8-10(18-2)4-5-12(11)14/h4-5,8-9H,6-7,14H2,1-3H3,(H,15,16). The second-order valence-electron chi connectivity index (χ2n) is 4.39. The van der Waals surface area contributed by atoms with Gasteiger partial charge < -0.3 is 15.8 Å². The second-order valence-corrected chi connectivity index (χ2v) is 5.95. The van der Waals surface area contributed by atoms with Crippen LogP contribution in [0.5, 0.6) is 5.75 Å². The van der Waals surface area contributed by atoms with E-state index in [1.165, 1.54) is 7.11 Å². The summed E-state index contributed by atoms with van der Waals surface area (Å²) in [6.45, 7) is 1.88. The van der Waals surface area contributed by atoms with Gasteiger partial charge in [0.1, 0.15) is 5.75 Å². The number of hydrogen-bond acceptors (Lipinski definition) is 4. The molecule has 0 aliphatic rings. The van der Waals surface area contributed by atoms with Gasteiger partial charge in [-0.3, -0.25) is 9.00 Å². The van der Waals surface area contributed by atoms with Crippen molar-refractivity contribution in [1.82, 2.24) is 5.32 Å². The minimum absolute atomic E-state index is 0.0537. The zero-order valence-electron chi connectivity index (χ0n) is 11.4. The molecule has 0 fully saturated rings. The van der Waals surface area contributed by atoms with Crippen LogP contribution in [0, 0.1) is 0 Å². The van der Waals surface area contributed by atoms with Crippen molar-refractivity contribution < 1.29 is 13.7 Å². The Kier molecular flexibility index (Phi) is 5.82. The third kappa shape index (κ3) is 4.90. The van der Waals surface area contributed by atoms with Gasteiger partial charge in [-0.25, -0.2) is 0 Å². The van der Waals surface area contributed by atoms with E-state index < -0.39 is 10.8 Å². The molecule has 1 aromatic carbocycles. The smallest absolute Gasteiger partial charge is 0.253 e. The molecule has 6 heteroatoms. The summed E-state index contributed by atoms with van der Waals surface area (Å²) in [7, 11) is 0.683. The van der Waals surface area contributed by atoms with Crippen molar-refractivity contribution in [2.75, 3.05) is 24.9 Å². The average Bonchev–Trinajstić information content (AvgIpc) is 2.36. The van der Waals surface area contributed by atoms with Crippen LogP contribution in [0.2, 0.25) is 0 Å². The molecule has 106 valence electrons. The number of anilines is 1. The van der Waals surface area contributed by atoms with Gasteiger partial charge in [0.15, 0.2) is 0 Å². The van der Waals surface area contributed by atoms with Gasteiger partial charge in [-0.15, -0.1) is 0 Å². The van der Waals surface area contributed by atoms with Crippen molar-refractivity contribution in [3.8, 4) is 5.75 Å². The SMILES string of the molecule is COc1ccc(N)c(C(=O)NC(C)CCS(C)=O)c1. The second kappa shape index (κ2) is 7.13. The fourth-order valence-corrected chi connectivity index (χ4v) is 2.26. The number of hydrogen-bond donors (Lipinski definition) is 2. The molecule has 0 saturated heterocycles. The molecule has 0 radical (unpaired) electrons. The highest BCUT2D eigenvalue weighted by Crippen LogP contribution is 2.19. The van der Waals surface area contributed by atoms with E-state index in [4.69, 9.17) is 10.5 Å². The van der Waals surface area contributed by atoms with Crippen LogP contribution in [0.15, 0.2) is 18.2 Å². The van der Waals surface area contributed by atoms with Crippen molar-refractivity contribution in [3.63, 3.8) is 0 Å². The van der Waals surface area contributed by atoms with Crippen LogP contribution >= 0.6 is 0 Å². The summed E-state index contributed by atoms with van der Waals surface area (Å²) in [6, 6.07) is 4.90. The Bertz CT molecular complexity index is 477. The Balaban J connectivity index is 2.69. The number of nitrogens with one attached hydrogen (secondary N) is 1. The zero-order valence-corrected chi connectivity index (χ0v) is 12.3. The highest BCUT2D eigenvalue weighted by atomic mass is 32.2. The van der Waals surface area contributed by atoms with E-state index >= 15 is 0 Å². The van der Waals surface area contributed by atoms with Crippen LogP contribution in [-0.2, 0) is 10.8 Å². The number of carbonyl (C=O) groups is 1. The first-order valence-corrected chi connectivity index (χ1v) is 7.71. The van der Waals surface area contributed by atoms with Gasteiger partial charge in [0.25, 0.3) is 5.91 Å². The van der Waals surface area contributed by atoms with Gasteiger partial charge in [-0.1, -0.05) is 0 Å². The molecule has 0 saturated carbocycles. The van der Waals surface area contributed by atoms with Gasteiger partial charge in [-0.05, 0) is 31.5 Å². The largest absolute Gasteiger partial charge is 0.497 e. The number of benzene rings is 1. The summed E-state index contributed by atoms with van der Waals surface area (Å²) >= 11 is 0. The van der Waals surface area contributed by atoms with Gasteiger partial charge in [0.05, 0.1) is 12.7 Å². The minimum atomic E-state index is -0.851. The van der Waals surface area contributed by atoms with Crippen LogP contribution in [0.3, 0.4) is 0 Å². The van der Waals surface area contributed by atoms with Crippen molar-refractivity contribution in [1.29, 1.82) is 0 Å². The monoisotopic (exact) mass is 284 g/mol. The number of amides is 1. The van der Waals surface area contributed by atoms with E-state index in [2.05, 4.69) is 5.32 Å². The van der Waals surface area contributed by atoms with Gasteiger partial charge >= 0.3 is 0 Å². The summed E-state index contributed by atoms with van der Waals surface area (Å²) in [5.41, 5.74) is 6.58. The maximum atomic E-state index is 12.1. The first kappa shape index (κ1) is 15.5. The highest BCUT2D eigenvalue weighted by molar-refractivity contribution is 7.84. The topological polar surface area (TPSA) is 81.4 Å². The molecule has 0 aliphatic carbocycles. The van der Waals surface area contributed by atoms with Crippen molar-refractivity contribution in [2.24, 2.45) is 0 Å². The number of carbonyl (C=O) groups excluding carboxylic acids is 1. The summed E-state index contributed by atoms with van der Waals surface area (Å²) in [6.07, 6.45) is 2.31. The highest BCUT2D eigenvalue weighted by Gasteiger charge is 2.13. The normalized spacial score (nSPS) is 13.6. The Labute approximate surface area is 116 Å². The Hall–Kier alpha value is -1.56. The molecule has 0 aromatic heterocycles. The number of nitrogen functional groups attached to an aromatic ring is 1. The Morgan fingerprint density at radius 2 is 2.21 bits per heavy atom. The van der Waals surface area contributed by atoms with E-state index in [0.29, 0.717) is 29.2 Å². The first-order valence-electron chi connectivity index (χ1n) is 5.98.